The Bertz CT molecular complexity index is 2890. The van der Waals surface area contributed by atoms with Crippen LogP contribution in [-0.2, 0) is 110 Å². The molecule has 3 aromatic carbocycles. The van der Waals surface area contributed by atoms with Gasteiger partial charge < -0.3 is 90.2 Å². The van der Waals surface area contributed by atoms with Gasteiger partial charge in [-0.2, -0.15) is 0 Å². The van der Waals surface area contributed by atoms with Crippen molar-refractivity contribution in [2.45, 2.75) is 47.1 Å². The number of ether oxygens (including phenoxy) is 18. The minimum absolute atomic E-state index is 0.0717. The summed E-state index contributed by atoms with van der Waals surface area (Å²) in [5.74, 6) is -11.5. The Labute approximate surface area is 492 Å². The standard InChI is InChI=1S/C52H56Cl2N2O29/c1-27(57)72-21-78-39(63)17-55(18-40(64)79-22-73-28(2)58)11-12-70-13-14-71-48-36(56(19-41(65)80-23-74-29(3)59)20-42(66)81-24-75-30(4)60)10-9-33-43(48)51(67)85-52(33)34-15-37(68-7)49(82-25-76-31(5)61)44(53)46(34)84-47-35(52)16-38(69-8)50(45(47)54)83-26-77-32(6)62/h9-10,15-16H,11-14,17-26H2,1-8H3. The molecule has 1 spiro atoms. The minimum atomic E-state index is -2.25. The van der Waals surface area contributed by atoms with E-state index in [0.717, 1.165) is 46.4 Å². The number of fused-ring (bicyclic) bond motifs is 6. The predicted octanol–water partition coefficient (Wildman–Crippen LogP) is 3.14. The van der Waals surface area contributed by atoms with Crippen LogP contribution in [0.4, 0.5) is 5.69 Å². The van der Waals surface area contributed by atoms with E-state index >= 15 is 4.79 Å². The van der Waals surface area contributed by atoms with Gasteiger partial charge >= 0.3 is 65.7 Å². The Morgan fingerprint density at radius 3 is 1.28 bits per heavy atom. The van der Waals surface area contributed by atoms with Gasteiger partial charge in [0.1, 0.15) is 35.3 Å². The highest BCUT2D eigenvalue weighted by Crippen LogP contribution is 2.64. The van der Waals surface area contributed by atoms with Crippen molar-refractivity contribution in [1.82, 2.24) is 4.90 Å². The second-order valence-corrected chi connectivity index (χ2v) is 17.9. The molecule has 33 heteroatoms. The number of nitrogens with zero attached hydrogens (tertiary/aromatic N) is 2. The van der Waals surface area contributed by atoms with Crippen molar-refractivity contribution in [3.05, 3.63) is 56.6 Å². The molecule has 5 rings (SSSR count). The molecule has 0 amide bonds. The van der Waals surface area contributed by atoms with Crippen molar-refractivity contribution < 1.29 is 138 Å². The van der Waals surface area contributed by atoms with Crippen LogP contribution in [0, 0.1) is 0 Å². The lowest BCUT2D eigenvalue weighted by molar-refractivity contribution is -0.170. The van der Waals surface area contributed by atoms with E-state index in [1.807, 2.05) is 0 Å². The number of anilines is 1. The molecule has 0 aliphatic carbocycles. The number of carbonyl (C=O) groups excluding carboxylic acids is 11. The maximum Gasteiger partial charge on any atom is 0.344 e. The van der Waals surface area contributed by atoms with Crippen LogP contribution >= 0.6 is 23.2 Å². The number of hydrogen-bond acceptors (Lipinski definition) is 31. The number of hydrogen-bond donors (Lipinski definition) is 0. The number of halogens is 2. The molecule has 0 aromatic heterocycles. The van der Waals surface area contributed by atoms with E-state index in [1.165, 1.54) is 43.4 Å². The van der Waals surface area contributed by atoms with E-state index in [9.17, 15) is 47.9 Å². The van der Waals surface area contributed by atoms with Gasteiger partial charge in [0, 0.05) is 53.7 Å². The zero-order valence-electron chi connectivity index (χ0n) is 46.7. The first kappa shape index (κ1) is 66.7. The van der Waals surface area contributed by atoms with Gasteiger partial charge in [-0.1, -0.05) is 29.3 Å². The third-order valence-corrected chi connectivity index (χ3v) is 11.9. The quantitative estimate of drug-likeness (QED) is 0.0375. The summed E-state index contributed by atoms with van der Waals surface area (Å²) in [7, 11) is 2.49. The Balaban J connectivity index is 1.68. The summed E-state index contributed by atoms with van der Waals surface area (Å²) in [5.41, 5.74) is -3.08. The fourth-order valence-corrected chi connectivity index (χ4v) is 8.26. The van der Waals surface area contributed by atoms with E-state index in [-0.39, 0.29) is 86.7 Å². The van der Waals surface area contributed by atoms with Crippen LogP contribution < -0.4 is 33.3 Å². The maximum absolute atomic E-state index is 15.1. The van der Waals surface area contributed by atoms with Crippen molar-refractivity contribution in [3.8, 4) is 40.2 Å². The van der Waals surface area contributed by atoms with E-state index in [1.54, 1.807) is 0 Å². The van der Waals surface area contributed by atoms with Gasteiger partial charge in [0.05, 0.1) is 57.3 Å². The molecule has 462 valence electrons. The lowest BCUT2D eigenvalue weighted by Crippen LogP contribution is -2.39. The summed E-state index contributed by atoms with van der Waals surface area (Å²) in [5, 5.41) is -0.699. The average molecular weight is 1240 g/mol. The van der Waals surface area contributed by atoms with Crippen molar-refractivity contribution >= 4 is 94.6 Å². The zero-order valence-corrected chi connectivity index (χ0v) is 48.2. The van der Waals surface area contributed by atoms with Crippen molar-refractivity contribution in [3.63, 3.8) is 0 Å². The second-order valence-electron chi connectivity index (χ2n) is 17.1. The molecular weight excluding hydrogens is 1190 g/mol. The SMILES string of the molecule is COc1cc2c(c(Cl)c1OCOC(C)=O)Oc1c(cc(OC)c(OCOC(C)=O)c1Cl)C21OC(=O)c2c1ccc(N(CC(=O)OCOC(C)=O)CC(=O)OCOC(C)=O)c2OCCOCCN(CC(=O)OCOC(C)=O)CC(=O)OCOC(C)=O. The first-order chi connectivity index (χ1) is 40.4. The molecule has 0 fully saturated rings. The van der Waals surface area contributed by atoms with E-state index in [0.29, 0.717) is 0 Å². The second kappa shape index (κ2) is 31.6. The summed E-state index contributed by atoms with van der Waals surface area (Å²) >= 11 is 14.2. The molecular formula is C52H56Cl2N2O29. The molecule has 0 unspecified atom stereocenters. The van der Waals surface area contributed by atoms with Gasteiger partial charge in [-0.3, -0.25) is 52.8 Å². The van der Waals surface area contributed by atoms with Crippen LogP contribution in [0.2, 0.25) is 10.0 Å². The van der Waals surface area contributed by atoms with Gasteiger partial charge in [0.2, 0.25) is 40.8 Å². The van der Waals surface area contributed by atoms with Gasteiger partial charge in [0.25, 0.3) is 0 Å². The molecule has 0 saturated carbocycles. The normalized spacial score (nSPS) is 12.1. The van der Waals surface area contributed by atoms with E-state index in [2.05, 4.69) is 9.47 Å². The predicted molar refractivity (Wildman–Crippen MR) is 278 cm³/mol. The number of carbonyl (C=O) groups is 11. The molecule has 0 bridgehead atoms. The van der Waals surface area contributed by atoms with Crippen LogP contribution in [-0.4, -0.2) is 178 Å². The first-order valence-electron chi connectivity index (χ1n) is 24.7. The zero-order chi connectivity index (χ0) is 62.5. The highest BCUT2D eigenvalue weighted by Gasteiger charge is 2.57. The third kappa shape index (κ3) is 18.2. The van der Waals surface area contributed by atoms with Crippen LogP contribution in [0.15, 0.2) is 24.3 Å². The maximum atomic E-state index is 15.1. The lowest BCUT2D eigenvalue weighted by atomic mass is 9.77. The Morgan fingerprint density at radius 2 is 0.882 bits per heavy atom. The fourth-order valence-electron chi connectivity index (χ4n) is 7.69. The Hall–Kier alpha value is -9.07. The fraction of sp³-hybridized carbons (Fsp3) is 0.442. The molecule has 2 heterocycles. The molecule has 3 aromatic rings. The third-order valence-electron chi connectivity index (χ3n) is 11.2. The van der Waals surface area contributed by atoms with Gasteiger partial charge in [-0.05, 0) is 18.2 Å². The van der Waals surface area contributed by atoms with Crippen molar-refractivity contribution in [2.24, 2.45) is 0 Å². The van der Waals surface area contributed by atoms with Crippen LogP contribution in [0.3, 0.4) is 0 Å². The molecule has 0 radical (unpaired) electrons. The van der Waals surface area contributed by atoms with E-state index < -0.39 is 156 Å². The number of methoxy groups -OCH3 is 2. The van der Waals surface area contributed by atoms with Crippen molar-refractivity contribution in [2.75, 3.05) is 112 Å². The smallest absolute Gasteiger partial charge is 0.344 e. The first-order valence-corrected chi connectivity index (χ1v) is 25.4. The number of rotatable bonds is 32. The van der Waals surface area contributed by atoms with Crippen LogP contribution in [0.1, 0.15) is 68.6 Å². The monoisotopic (exact) mass is 1240 g/mol. The van der Waals surface area contributed by atoms with Gasteiger partial charge in [0.15, 0.2) is 45.8 Å². The summed E-state index contributed by atoms with van der Waals surface area (Å²) in [6.07, 6.45) is 0. The molecule has 0 atom stereocenters. The molecule has 31 nitrogen and oxygen atoms in total. The van der Waals surface area contributed by atoms with Crippen LogP contribution in [0.25, 0.3) is 0 Å². The number of benzene rings is 3. The van der Waals surface area contributed by atoms with E-state index in [4.69, 9.17) is 99.0 Å². The highest BCUT2D eigenvalue weighted by molar-refractivity contribution is 6.35. The topological polar surface area (TPSA) is 360 Å². The molecule has 0 saturated heterocycles. The summed E-state index contributed by atoms with van der Waals surface area (Å²) in [4.78, 5) is 139. The Kier molecular flexibility index (Phi) is 24.8. The number of esters is 11. The minimum Gasteiger partial charge on any atom is -0.493 e. The highest BCUT2D eigenvalue weighted by atomic mass is 35.5. The summed E-state index contributed by atoms with van der Waals surface area (Å²) in [6, 6.07) is 5.31. The van der Waals surface area contributed by atoms with Crippen molar-refractivity contribution in [1.29, 1.82) is 0 Å². The van der Waals surface area contributed by atoms with Gasteiger partial charge in [-0.15, -0.1) is 0 Å². The Morgan fingerprint density at radius 1 is 0.482 bits per heavy atom. The summed E-state index contributed by atoms with van der Waals surface area (Å²) < 4.78 is 96.8. The largest absolute Gasteiger partial charge is 0.493 e. The molecule has 2 aliphatic heterocycles. The van der Waals surface area contributed by atoms with Crippen LogP contribution in [0.5, 0.6) is 40.2 Å². The van der Waals surface area contributed by atoms with Gasteiger partial charge in [-0.25, -0.2) is 4.79 Å². The molecule has 2 aliphatic rings. The summed E-state index contributed by atoms with van der Waals surface area (Å²) in [6.45, 7) is -2.09. The molecule has 0 N–H and O–H groups in total. The molecule has 85 heavy (non-hydrogen) atoms. The lowest BCUT2D eigenvalue weighted by Gasteiger charge is -2.38. The average Bonchev–Trinajstić information content (AvgIpc) is 1.65.